The Morgan fingerprint density at radius 2 is 2.21 bits per heavy atom. The molecule has 1 saturated heterocycles. The van der Waals surface area contributed by atoms with E-state index in [9.17, 15) is 9.18 Å². The summed E-state index contributed by atoms with van der Waals surface area (Å²) in [6, 6.07) is 6.34. The van der Waals surface area contributed by atoms with Gasteiger partial charge in [-0.3, -0.25) is 9.69 Å². The van der Waals surface area contributed by atoms with Gasteiger partial charge in [0, 0.05) is 19.6 Å². The van der Waals surface area contributed by atoms with Crippen LogP contribution in [0, 0.1) is 17.7 Å². The zero-order valence-electron chi connectivity index (χ0n) is 11.0. The number of halogens is 1. The van der Waals surface area contributed by atoms with E-state index in [1.807, 2.05) is 6.92 Å². The van der Waals surface area contributed by atoms with Crippen LogP contribution in [0.1, 0.15) is 6.92 Å². The minimum absolute atomic E-state index is 0.0894. The van der Waals surface area contributed by atoms with E-state index in [0.29, 0.717) is 19.7 Å². The zero-order valence-corrected chi connectivity index (χ0v) is 11.0. The van der Waals surface area contributed by atoms with Crippen molar-refractivity contribution in [3.8, 4) is 5.75 Å². The second-order valence-corrected chi connectivity index (χ2v) is 5.02. The fraction of sp³-hybridized carbons (Fsp3) is 0.500. The van der Waals surface area contributed by atoms with Crippen molar-refractivity contribution in [1.82, 2.24) is 4.90 Å². The lowest BCUT2D eigenvalue weighted by atomic mass is 9.98. The number of primary amides is 1. The molecule has 5 heteroatoms. The van der Waals surface area contributed by atoms with Crippen LogP contribution < -0.4 is 10.5 Å². The Morgan fingerprint density at radius 3 is 2.84 bits per heavy atom. The maximum Gasteiger partial charge on any atom is 0.222 e. The van der Waals surface area contributed by atoms with Crippen molar-refractivity contribution >= 4 is 5.91 Å². The van der Waals surface area contributed by atoms with Crippen LogP contribution in [-0.4, -0.2) is 37.0 Å². The number of para-hydroxylation sites is 1. The van der Waals surface area contributed by atoms with Gasteiger partial charge < -0.3 is 10.5 Å². The molecule has 0 unspecified atom stereocenters. The molecule has 104 valence electrons. The van der Waals surface area contributed by atoms with E-state index >= 15 is 0 Å². The molecule has 1 aliphatic heterocycles. The lowest BCUT2D eigenvalue weighted by Gasteiger charge is -2.15. The molecule has 0 saturated carbocycles. The molecule has 1 fully saturated rings. The van der Waals surface area contributed by atoms with Gasteiger partial charge in [-0.25, -0.2) is 4.39 Å². The van der Waals surface area contributed by atoms with Crippen molar-refractivity contribution in [2.45, 2.75) is 6.92 Å². The van der Waals surface area contributed by atoms with Gasteiger partial charge in [0.05, 0.1) is 5.92 Å². The Hall–Kier alpha value is -1.62. The van der Waals surface area contributed by atoms with Crippen LogP contribution in [0.4, 0.5) is 4.39 Å². The second kappa shape index (κ2) is 6.02. The van der Waals surface area contributed by atoms with Gasteiger partial charge in [0.25, 0.3) is 0 Å². The smallest absolute Gasteiger partial charge is 0.222 e. The van der Waals surface area contributed by atoms with Gasteiger partial charge in [0.15, 0.2) is 11.6 Å². The number of nitrogens with two attached hydrogens (primary N) is 1. The summed E-state index contributed by atoms with van der Waals surface area (Å²) in [5.41, 5.74) is 5.34. The predicted molar refractivity (Wildman–Crippen MR) is 70.2 cm³/mol. The first kappa shape index (κ1) is 13.8. The highest BCUT2D eigenvalue weighted by Crippen LogP contribution is 2.22. The van der Waals surface area contributed by atoms with Crippen molar-refractivity contribution < 1.29 is 13.9 Å². The number of benzene rings is 1. The second-order valence-electron chi connectivity index (χ2n) is 5.02. The first-order valence-corrected chi connectivity index (χ1v) is 6.47. The van der Waals surface area contributed by atoms with Crippen LogP contribution in [0.5, 0.6) is 5.75 Å². The maximum absolute atomic E-state index is 13.3. The summed E-state index contributed by atoms with van der Waals surface area (Å²) in [5, 5.41) is 0. The van der Waals surface area contributed by atoms with Gasteiger partial charge in [-0.1, -0.05) is 19.1 Å². The third kappa shape index (κ3) is 3.44. The quantitative estimate of drug-likeness (QED) is 0.873. The Balaban J connectivity index is 1.78. The van der Waals surface area contributed by atoms with E-state index in [0.717, 1.165) is 6.54 Å². The molecular weight excluding hydrogens is 247 g/mol. The van der Waals surface area contributed by atoms with Crippen molar-refractivity contribution in [3.05, 3.63) is 30.1 Å². The molecule has 2 atom stereocenters. The van der Waals surface area contributed by atoms with Crippen LogP contribution >= 0.6 is 0 Å². The number of hydrogen-bond acceptors (Lipinski definition) is 3. The molecule has 0 aliphatic carbocycles. The van der Waals surface area contributed by atoms with E-state index in [2.05, 4.69) is 4.90 Å². The highest BCUT2D eigenvalue weighted by Gasteiger charge is 2.32. The number of likely N-dealkylation sites (tertiary alicyclic amines) is 1. The third-order valence-electron chi connectivity index (χ3n) is 3.56. The minimum Gasteiger partial charge on any atom is -0.489 e. The number of nitrogens with zero attached hydrogens (tertiary/aromatic N) is 1. The average molecular weight is 266 g/mol. The van der Waals surface area contributed by atoms with E-state index in [4.69, 9.17) is 10.5 Å². The molecule has 0 radical (unpaired) electrons. The standard InChI is InChI=1S/C14H19FN2O2/c1-10-8-17(9-11(10)14(16)18)6-7-19-13-5-3-2-4-12(13)15/h2-5,10-11H,6-9H2,1H3,(H2,16,18)/t10-,11-/m1/s1. The number of carbonyl (C=O) groups is 1. The first-order valence-electron chi connectivity index (χ1n) is 6.47. The van der Waals surface area contributed by atoms with Gasteiger partial charge in [-0.05, 0) is 18.1 Å². The molecule has 1 aromatic carbocycles. The van der Waals surface area contributed by atoms with Crippen LogP contribution in [0.25, 0.3) is 0 Å². The summed E-state index contributed by atoms with van der Waals surface area (Å²) in [4.78, 5) is 13.3. The highest BCUT2D eigenvalue weighted by atomic mass is 19.1. The zero-order chi connectivity index (χ0) is 13.8. The maximum atomic E-state index is 13.3. The molecule has 1 amide bonds. The fourth-order valence-electron chi connectivity index (χ4n) is 2.47. The number of carbonyl (C=O) groups excluding carboxylic acids is 1. The fourth-order valence-corrected chi connectivity index (χ4v) is 2.47. The van der Waals surface area contributed by atoms with Gasteiger partial charge in [0.2, 0.25) is 5.91 Å². The third-order valence-corrected chi connectivity index (χ3v) is 3.56. The summed E-state index contributed by atoms with van der Waals surface area (Å²) >= 11 is 0. The van der Waals surface area contributed by atoms with Gasteiger partial charge >= 0.3 is 0 Å². The highest BCUT2D eigenvalue weighted by molar-refractivity contribution is 5.77. The van der Waals surface area contributed by atoms with Crippen LogP contribution in [0.15, 0.2) is 24.3 Å². The molecular formula is C14H19FN2O2. The van der Waals surface area contributed by atoms with E-state index in [1.165, 1.54) is 6.07 Å². The van der Waals surface area contributed by atoms with Gasteiger partial charge in [-0.2, -0.15) is 0 Å². The molecule has 2 N–H and O–H groups in total. The lowest BCUT2D eigenvalue weighted by molar-refractivity contribution is -0.122. The molecule has 0 aromatic heterocycles. The largest absolute Gasteiger partial charge is 0.489 e. The number of ether oxygens (including phenoxy) is 1. The summed E-state index contributed by atoms with van der Waals surface area (Å²) in [6.45, 7) is 4.58. The molecule has 4 nitrogen and oxygen atoms in total. The average Bonchev–Trinajstić information content (AvgIpc) is 2.73. The van der Waals surface area contributed by atoms with E-state index in [-0.39, 0.29) is 29.3 Å². The Morgan fingerprint density at radius 1 is 1.47 bits per heavy atom. The molecule has 0 spiro atoms. The summed E-state index contributed by atoms with van der Waals surface area (Å²) in [7, 11) is 0. The van der Waals surface area contributed by atoms with Crippen LogP contribution in [0.3, 0.4) is 0 Å². The van der Waals surface area contributed by atoms with Gasteiger partial charge in [0.1, 0.15) is 6.61 Å². The summed E-state index contributed by atoms with van der Waals surface area (Å²) in [6.07, 6.45) is 0. The Kier molecular flexibility index (Phi) is 4.37. The SMILES string of the molecule is C[C@@H]1CN(CCOc2ccccc2F)C[C@H]1C(N)=O. The molecule has 19 heavy (non-hydrogen) atoms. The number of rotatable bonds is 5. The monoisotopic (exact) mass is 266 g/mol. The molecule has 1 heterocycles. The van der Waals surface area contributed by atoms with Crippen molar-refractivity contribution in [2.75, 3.05) is 26.2 Å². The Labute approximate surface area is 112 Å². The van der Waals surface area contributed by atoms with Crippen LogP contribution in [-0.2, 0) is 4.79 Å². The molecule has 1 aromatic rings. The van der Waals surface area contributed by atoms with Crippen molar-refractivity contribution in [2.24, 2.45) is 17.6 Å². The molecule has 1 aliphatic rings. The molecule has 0 bridgehead atoms. The van der Waals surface area contributed by atoms with Gasteiger partial charge in [-0.15, -0.1) is 0 Å². The van der Waals surface area contributed by atoms with Crippen molar-refractivity contribution in [3.63, 3.8) is 0 Å². The summed E-state index contributed by atoms with van der Waals surface area (Å²) < 4.78 is 18.7. The van der Waals surface area contributed by atoms with E-state index in [1.54, 1.807) is 18.2 Å². The van der Waals surface area contributed by atoms with E-state index < -0.39 is 0 Å². The first-order chi connectivity index (χ1) is 9.08. The normalized spacial score (nSPS) is 23.5. The Bertz CT molecular complexity index is 453. The lowest BCUT2D eigenvalue weighted by Crippen LogP contribution is -2.30. The van der Waals surface area contributed by atoms with Crippen LogP contribution in [0.2, 0.25) is 0 Å². The number of amides is 1. The van der Waals surface area contributed by atoms with Crippen molar-refractivity contribution in [1.29, 1.82) is 0 Å². The minimum atomic E-state index is -0.354. The number of hydrogen-bond donors (Lipinski definition) is 1. The predicted octanol–water partition coefficient (Wildman–Crippen LogP) is 1.26. The topological polar surface area (TPSA) is 55.6 Å². The summed E-state index contributed by atoms with van der Waals surface area (Å²) in [5.74, 6) is -0.155. The molecule has 2 rings (SSSR count).